The first kappa shape index (κ1) is 22.9. The summed E-state index contributed by atoms with van der Waals surface area (Å²) >= 11 is 0.832. The molecule has 10 heteroatoms. The highest BCUT2D eigenvalue weighted by Gasteiger charge is 2.37. The summed E-state index contributed by atoms with van der Waals surface area (Å²) in [5.74, 6) is -0.678. The van der Waals surface area contributed by atoms with Crippen LogP contribution in [0.25, 0.3) is 17.0 Å². The van der Waals surface area contributed by atoms with E-state index in [9.17, 15) is 24.5 Å². The van der Waals surface area contributed by atoms with Crippen LogP contribution >= 0.6 is 11.8 Å². The van der Waals surface area contributed by atoms with E-state index in [-0.39, 0.29) is 23.0 Å². The normalized spacial score (nSPS) is 17.2. The minimum atomic E-state index is -0.469. The Hall–Kier alpha value is -3.92. The van der Waals surface area contributed by atoms with Gasteiger partial charge in [0.2, 0.25) is 5.91 Å². The summed E-state index contributed by atoms with van der Waals surface area (Å²) < 4.78 is 1.96. The lowest BCUT2D eigenvalue weighted by Gasteiger charge is -2.18. The summed E-state index contributed by atoms with van der Waals surface area (Å²) in [6.45, 7) is 1.49. The van der Waals surface area contributed by atoms with Crippen LogP contribution in [0, 0.1) is 10.1 Å². The molecule has 0 bridgehead atoms. The number of aromatic nitrogens is 1. The maximum atomic E-state index is 13.0. The van der Waals surface area contributed by atoms with Gasteiger partial charge in [0.25, 0.3) is 16.8 Å². The van der Waals surface area contributed by atoms with Crippen LogP contribution in [0.2, 0.25) is 0 Å². The topological polar surface area (TPSA) is 106 Å². The molecule has 0 saturated carbocycles. The number of amides is 3. The fraction of sp³-hybridized carbons (Fsp3) is 0.240. The third-order valence-corrected chi connectivity index (χ3v) is 7.11. The van der Waals surface area contributed by atoms with Crippen molar-refractivity contribution in [1.29, 1.82) is 0 Å². The molecule has 0 N–H and O–H groups in total. The molecule has 0 atom stereocenters. The molecular weight excluding hydrogens is 468 g/mol. The van der Waals surface area contributed by atoms with Crippen LogP contribution in [0.4, 0.5) is 10.5 Å². The van der Waals surface area contributed by atoms with Crippen molar-refractivity contribution in [3.05, 3.63) is 80.9 Å². The highest BCUT2D eigenvalue weighted by atomic mass is 32.2. The number of carbonyl (C=O) groups excluding carboxylic acids is 3. The van der Waals surface area contributed by atoms with E-state index in [0.717, 1.165) is 51.5 Å². The number of nitrogens with zero attached hydrogens (tertiary/aromatic N) is 4. The molecule has 9 nitrogen and oxygen atoms in total. The first-order valence-electron chi connectivity index (χ1n) is 11.2. The van der Waals surface area contributed by atoms with Gasteiger partial charge in [0.05, 0.1) is 9.83 Å². The van der Waals surface area contributed by atoms with E-state index in [1.165, 1.54) is 12.1 Å². The van der Waals surface area contributed by atoms with Gasteiger partial charge in [-0.25, -0.2) is 0 Å². The van der Waals surface area contributed by atoms with Gasteiger partial charge in [-0.15, -0.1) is 0 Å². The van der Waals surface area contributed by atoms with E-state index in [2.05, 4.69) is 0 Å². The van der Waals surface area contributed by atoms with Crippen molar-refractivity contribution in [3.8, 4) is 0 Å². The zero-order chi connectivity index (χ0) is 24.5. The van der Waals surface area contributed by atoms with Gasteiger partial charge in [-0.05, 0) is 42.3 Å². The number of hydrogen-bond donors (Lipinski definition) is 0. The molecule has 3 aromatic rings. The van der Waals surface area contributed by atoms with Crippen LogP contribution in [-0.4, -0.2) is 56.0 Å². The molecule has 3 amide bonds. The van der Waals surface area contributed by atoms with Crippen molar-refractivity contribution in [2.24, 2.45) is 0 Å². The fourth-order valence-electron chi connectivity index (χ4n) is 4.47. The van der Waals surface area contributed by atoms with Gasteiger partial charge >= 0.3 is 0 Å². The zero-order valence-electron chi connectivity index (χ0n) is 18.8. The van der Waals surface area contributed by atoms with Crippen LogP contribution < -0.4 is 0 Å². The molecule has 2 aromatic carbocycles. The number of thioether (sulfide) groups is 1. The average Bonchev–Trinajstić information content (AvgIpc) is 3.56. The molecule has 1 aromatic heterocycles. The van der Waals surface area contributed by atoms with Crippen molar-refractivity contribution >= 4 is 51.5 Å². The summed E-state index contributed by atoms with van der Waals surface area (Å²) in [4.78, 5) is 51.7. The maximum Gasteiger partial charge on any atom is 0.294 e. The smallest absolute Gasteiger partial charge is 0.294 e. The maximum absolute atomic E-state index is 13.0. The molecule has 0 unspecified atom stereocenters. The largest absolute Gasteiger partial charge is 0.342 e. The van der Waals surface area contributed by atoms with Crippen molar-refractivity contribution in [2.45, 2.75) is 19.4 Å². The third kappa shape index (κ3) is 4.57. The molecule has 2 saturated heterocycles. The summed E-state index contributed by atoms with van der Waals surface area (Å²) in [6.07, 6.45) is 5.42. The average molecular weight is 491 g/mol. The van der Waals surface area contributed by atoms with Crippen LogP contribution in [0.1, 0.15) is 24.0 Å². The molecule has 0 radical (unpaired) electrons. The van der Waals surface area contributed by atoms with Gasteiger partial charge < -0.3 is 9.47 Å². The standard InChI is InChI=1S/C25H22N4O5S/c30-23(26-10-3-4-11-26)16-28-24(31)22(35-25(28)32)13-18-15-27(21-9-2-1-8-20(18)21)14-17-6-5-7-19(12-17)29(33)34/h1-2,5-9,12-13,15H,3-4,10-11,14,16H2/b22-13+. The second-order valence-corrected chi connectivity index (χ2v) is 9.51. The summed E-state index contributed by atoms with van der Waals surface area (Å²) in [5.41, 5.74) is 2.44. The molecule has 2 aliphatic heterocycles. The summed E-state index contributed by atoms with van der Waals surface area (Å²) in [6, 6.07) is 14.1. The Morgan fingerprint density at radius 3 is 2.63 bits per heavy atom. The number of carbonyl (C=O) groups is 3. The number of nitro groups is 1. The van der Waals surface area contributed by atoms with E-state index in [0.29, 0.717) is 19.6 Å². The van der Waals surface area contributed by atoms with Crippen molar-refractivity contribution < 1.29 is 19.3 Å². The highest BCUT2D eigenvalue weighted by Crippen LogP contribution is 2.34. The number of non-ortho nitro benzene ring substituents is 1. The van der Waals surface area contributed by atoms with Gasteiger partial charge in [0, 0.05) is 54.4 Å². The number of rotatable bonds is 6. The molecule has 0 spiro atoms. The van der Waals surface area contributed by atoms with Crippen molar-refractivity contribution in [1.82, 2.24) is 14.4 Å². The molecule has 3 heterocycles. The van der Waals surface area contributed by atoms with Crippen LogP contribution in [0.5, 0.6) is 0 Å². The zero-order valence-corrected chi connectivity index (χ0v) is 19.6. The molecular formula is C25H22N4O5S. The lowest BCUT2D eigenvalue weighted by molar-refractivity contribution is -0.384. The molecule has 5 rings (SSSR count). The first-order chi connectivity index (χ1) is 16.9. The SMILES string of the molecule is O=C(CN1C(=O)S/C(=C/c2cn(Cc3cccc([N+](=O)[O-])c3)c3ccccc23)C1=O)N1CCCC1. The third-order valence-electron chi connectivity index (χ3n) is 6.21. The second-order valence-electron chi connectivity index (χ2n) is 8.51. The number of likely N-dealkylation sites (tertiary alicyclic amines) is 1. The monoisotopic (exact) mass is 490 g/mol. The Morgan fingerprint density at radius 1 is 1.09 bits per heavy atom. The van der Waals surface area contributed by atoms with E-state index in [1.54, 1.807) is 17.0 Å². The van der Waals surface area contributed by atoms with Gasteiger partial charge in [0.15, 0.2) is 0 Å². The number of fused-ring (bicyclic) bond motifs is 1. The van der Waals surface area contributed by atoms with E-state index >= 15 is 0 Å². The van der Waals surface area contributed by atoms with Crippen LogP contribution in [0.15, 0.2) is 59.6 Å². The minimum Gasteiger partial charge on any atom is -0.342 e. The number of para-hydroxylation sites is 1. The number of imide groups is 1. The Labute approximate surface area is 205 Å². The Balaban J connectivity index is 1.42. The highest BCUT2D eigenvalue weighted by molar-refractivity contribution is 8.18. The second kappa shape index (κ2) is 9.38. The minimum absolute atomic E-state index is 0.0244. The molecule has 0 aliphatic carbocycles. The van der Waals surface area contributed by atoms with Gasteiger partial charge in [-0.1, -0.05) is 30.3 Å². The van der Waals surface area contributed by atoms with Gasteiger partial charge in [-0.2, -0.15) is 0 Å². The van der Waals surface area contributed by atoms with Gasteiger partial charge in [0.1, 0.15) is 6.54 Å². The lowest BCUT2D eigenvalue weighted by Crippen LogP contribution is -2.40. The fourth-order valence-corrected chi connectivity index (χ4v) is 5.29. The lowest BCUT2D eigenvalue weighted by atomic mass is 10.1. The predicted octanol–water partition coefficient (Wildman–Crippen LogP) is 4.26. The Kier molecular flexibility index (Phi) is 6.12. The molecule has 2 aliphatic rings. The quantitative estimate of drug-likeness (QED) is 0.290. The number of nitro benzene ring substituents is 1. The van der Waals surface area contributed by atoms with E-state index in [1.807, 2.05) is 41.1 Å². The Morgan fingerprint density at radius 2 is 1.86 bits per heavy atom. The molecule has 2 fully saturated rings. The Bertz CT molecular complexity index is 1390. The van der Waals surface area contributed by atoms with Crippen LogP contribution in [0.3, 0.4) is 0 Å². The van der Waals surface area contributed by atoms with E-state index < -0.39 is 16.1 Å². The summed E-state index contributed by atoms with van der Waals surface area (Å²) in [7, 11) is 0. The summed E-state index contributed by atoms with van der Waals surface area (Å²) in [5, 5.41) is 11.6. The van der Waals surface area contributed by atoms with Crippen molar-refractivity contribution in [3.63, 3.8) is 0 Å². The predicted molar refractivity (Wildman–Crippen MR) is 133 cm³/mol. The first-order valence-corrected chi connectivity index (χ1v) is 12.1. The number of benzene rings is 2. The molecule has 178 valence electrons. The van der Waals surface area contributed by atoms with Crippen molar-refractivity contribution in [2.75, 3.05) is 19.6 Å². The van der Waals surface area contributed by atoms with Crippen LogP contribution in [-0.2, 0) is 16.1 Å². The number of hydrogen-bond acceptors (Lipinski definition) is 6. The molecule has 35 heavy (non-hydrogen) atoms. The van der Waals surface area contributed by atoms with E-state index in [4.69, 9.17) is 0 Å². The van der Waals surface area contributed by atoms with Gasteiger partial charge in [-0.3, -0.25) is 29.4 Å².